The number of carbonyl (C=O) groups excluding carboxylic acids is 2. The Kier molecular flexibility index (Phi) is 6.74. The van der Waals surface area contributed by atoms with Gasteiger partial charge in [-0.15, -0.1) is 0 Å². The molecule has 5 rings (SSSR count). The van der Waals surface area contributed by atoms with E-state index in [2.05, 4.69) is 20.7 Å². The minimum Gasteiger partial charge on any atom is -0.478 e. The van der Waals surface area contributed by atoms with Crippen molar-refractivity contribution < 1.29 is 37.1 Å². The Morgan fingerprint density at radius 3 is 2.60 bits per heavy atom. The molecular formula is C27H21F4N5O4. The fraction of sp³-hybridized carbons (Fsp3) is 0.222. The first-order valence-corrected chi connectivity index (χ1v) is 12.1. The van der Waals surface area contributed by atoms with Gasteiger partial charge in [0.15, 0.2) is 5.65 Å². The van der Waals surface area contributed by atoms with Crippen LogP contribution in [0.3, 0.4) is 0 Å². The third-order valence-electron chi connectivity index (χ3n) is 6.84. The number of halogens is 4. The summed E-state index contributed by atoms with van der Waals surface area (Å²) in [6.07, 6.45) is -2.38. The summed E-state index contributed by atoms with van der Waals surface area (Å²) in [6.45, 7) is 1.38. The minimum atomic E-state index is -4.89. The van der Waals surface area contributed by atoms with Crippen molar-refractivity contribution in [3.05, 3.63) is 99.2 Å². The van der Waals surface area contributed by atoms with Crippen molar-refractivity contribution in [2.75, 3.05) is 0 Å². The van der Waals surface area contributed by atoms with Crippen LogP contribution in [0, 0.1) is 12.7 Å². The lowest BCUT2D eigenvalue weighted by atomic mass is 9.98. The fourth-order valence-electron chi connectivity index (χ4n) is 4.86. The SMILES string of the molecule is Cc1c(C(=O)O)ccc2c1CC[C@@H]2NC(=O)c1cc(C(=O)NCc2ccc(F)c(C(F)(F)F)c2)nc2ccnn12. The number of aromatic nitrogens is 3. The molecule has 0 bridgehead atoms. The van der Waals surface area contributed by atoms with E-state index in [9.17, 15) is 37.1 Å². The molecule has 40 heavy (non-hydrogen) atoms. The zero-order chi connectivity index (χ0) is 28.8. The van der Waals surface area contributed by atoms with E-state index in [1.807, 2.05) is 0 Å². The molecule has 0 spiro atoms. The molecule has 0 saturated carbocycles. The van der Waals surface area contributed by atoms with Crippen molar-refractivity contribution >= 4 is 23.4 Å². The Labute approximate surface area is 223 Å². The van der Waals surface area contributed by atoms with Crippen LogP contribution in [-0.2, 0) is 19.1 Å². The fourth-order valence-corrected chi connectivity index (χ4v) is 4.86. The Morgan fingerprint density at radius 2 is 1.88 bits per heavy atom. The van der Waals surface area contributed by atoms with Crippen molar-refractivity contribution in [2.45, 2.75) is 38.5 Å². The molecule has 9 nitrogen and oxygen atoms in total. The molecule has 206 valence electrons. The van der Waals surface area contributed by atoms with Crippen LogP contribution in [0.5, 0.6) is 0 Å². The van der Waals surface area contributed by atoms with Crippen molar-refractivity contribution in [3.8, 4) is 0 Å². The lowest BCUT2D eigenvalue weighted by Gasteiger charge is -2.16. The molecule has 0 radical (unpaired) electrons. The minimum absolute atomic E-state index is 0.00591. The molecule has 1 aliphatic carbocycles. The van der Waals surface area contributed by atoms with Crippen molar-refractivity contribution in [1.82, 2.24) is 25.2 Å². The monoisotopic (exact) mass is 555 g/mol. The number of benzene rings is 2. The molecule has 2 heterocycles. The predicted octanol–water partition coefficient (Wildman–Crippen LogP) is 4.24. The molecule has 2 aromatic heterocycles. The second-order valence-electron chi connectivity index (χ2n) is 9.30. The maximum atomic E-state index is 13.6. The average molecular weight is 555 g/mol. The van der Waals surface area contributed by atoms with Gasteiger partial charge >= 0.3 is 12.1 Å². The zero-order valence-electron chi connectivity index (χ0n) is 20.8. The van der Waals surface area contributed by atoms with E-state index < -0.39 is 41.4 Å². The summed E-state index contributed by atoms with van der Waals surface area (Å²) < 4.78 is 53.9. The Hall–Kier alpha value is -4.81. The van der Waals surface area contributed by atoms with Crippen LogP contribution in [0.4, 0.5) is 17.6 Å². The van der Waals surface area contributed by atoms with Crippen LogP contribution in [-0.4, -0.2) is 37.5 Å². The van der Waals surface area contributed by atoms with E-state index in [-0.39, 0.29) is 34.7 Å². The Bertz CT molecular complexity index is 1680. The first-order valence-electron chi connectivity index (χ1n) is 12.1. The first-order chi connectivity index (χ1) is 18.9. The van der Waals surface area contributed by atoms with Crippen molar-refractivity contribution in [3.63, 3.8) is 0 Å². The highest BCUT2D eigenvalue weighted by Gasteiger charge is 2.34. The van der Waals surface area contributed by atoms with Gasteiger partial charge in [-0.1, -0.05) is 12.1 Å². The van der Waals surface area contributed by atoms with Gasteiger partial charge in [-0.05, 0) is 60.2 Å². The standard InChI is InChI=1S/C27H21F4N5O4/c1-13-15-5-7-20(17(15)4-3-16(13)26(39)40)35-25(38)22-11-21(34-23-8-9-33-36(22)23)24(37)32-12-14-2-6-19(28)18(10-14)27(29,30)31/h2-4,6,8-11,20H,5,7,12H2,1H3,(H,32,37)(H,35,38)(H,39,40)/t20-/m0/s1. The smallest absolute Gasteiger partial charge is 0.419 e. The van der Waals surface area contributed by atoms with Gasteiger partial charge in [0.25, 0.3) is 11.8 Å². The summed E-state index contributed by atoms with van der Waals surface area (Å²) in [7, 11) is 0. The maximum Gasteiger partial charge on any atom is 0.419 e. The second kappa shape index (κ2) is 10.1. The van der Waals surface area contributed by atoms with E-state index in [0.717, 1.165) is 17.2 Å². The molecule has 3 N–H and O–H groups in total. The average Bonchev–Trinajstić information content (AvgIpc) is 3.54. The summed E-state index contributed by atoms with van der Waals surface area (Å²) >= 11 is 0. The maximum absolute atomic E-state index is 13.6. The molecule has 2 aromatic carbocycles. The summed E-state index contributed by atoms with van der Waals surface area (Å²) in [6, 6.07) is 7.88. The number of fused-ring (bicyclic) bond motifs is 2. The number of hydrogen-bond donors (Lipinski definition) is 3. The lowest BCUT2D eigenvalue weighted by Crippen LogP contribution is -2.30. The van der Waals surface area contributed by atoms with Crippen LogP contribution in [0.1, 0.15) is 71.6 Å². The molecule has 1 aliphatic rings. The van der Waals surface area contributed by atoms with Crippen molar-refractivity contribution in [2.24, 2.45) is 0 Å². The zero-order valence-corrected chi connectivity index (χ0v) is 20.8. The van der Waals surface area contributed by atoms with Gasteiger partial charge in [0.05, 0.1) is 23.4 Å². The molecule has 0 unspecified atom stereocenters. The normalized spacial score (nSPS) is 14.7. The van der Waals surface area contributed by atoms with Crippen molar-refractivity contribution in [1.29, 1.82) is 0 Å². The van der Waals surface area contributed by atoms with Crippen LogP contribution in [0.15, 0.2) is 48.7 Å². The number of aromatic carboxylic acids is 1. The summed E-state index contributed by atoms with van der Waals surface area (Å²) in [5.74, 6) is -3.78. The van der Waals surface area contributed by atoms with E-state index in [1.54, 1.807) is 13.0 Å². The van der Waals surface area contributed by atoms with E-state index in [1.165, 1.54) is 28.9 Å². The van der Waals surface area contributed by atoms with Gasteiger partial charge in [-0.25, -0.2) is 18.7 Å². The molecule has 1 atom stereocenters. The summed E-state index contributed by atoms with van der Waals surface area (Å²) in [5.41, 5.74) is 1.08. The number of hydrogen-bond acceptors (Lipinski definition) is 5. The van der Waals surface area contributed by atoms with Gasteiger partial charge in [0.1, 0.15) is 17.2 Å². The van der Waals surface area contributed by atoms with Gasteiger partial charge in [0.2, 0.25) is 0 Å². The number of nitrogens with one attached hydrogen (secondary N) is 2. The van der Waals surface area contributed by atoms with E-state index in [0.29, 0.717) is 30.5 Å². The Morgan fingerprint density at radius 1 is 1.10 bits per heavy atom. The number of nitrogens with zero attached hydrogens (tertiary/aromatic N) is 3. The number of rotatable bonds is 6. The lowest BCUT2D eigenvalue weighted by molar-refractivity contribution is -0.140. The van der Waals surface area contributed by atoms with Crippen LogP contribution in [0.2, 0.25) is 0 Å². The highest BCUT2D eigenvalue weighted by Crippen LogP contribution is 2.35. The molecule has 0 fully saturated rings. The van der Waals surface area contributed by atoms with Crippen LogP contribution in [0.25, 0.3) is 5.65 Å². The van der Waals surface area contributed by atoms with Crippen LogP contribution < -0.4 is 10.6 Å². The predicted molar refractivity (Wildman–Crippen MR) is 132 cm³/mol. The number of carboxylic acids is 1. The summed E-state index contributed by atoms with van der Waals surface area (Å²) in [4.78, 5) is 41.8. The molecule has 0 aliphatic heterocycles. The molecular weight excluding hydrogens is 534 g/mol. The van der Waals surface area contributed by atoms with Gasteiger partial charge < -0.3 is 15.7 Å². The number of carbonyl (C=O) groups is 3. The molecule has 13 heteroatoms. The van der Waals surface area contributed by atoms with E-state index in [4.69, 9.17) is 0 Å². The van der Waals surface area contributed by atoms with Gasteiger partial charge in [-0.3, -0.25) is 9.59 Å². The summed E-state index contributed by atoms with van der Waals surface area (Å²) in [5, 5.41) is 18.8. The highest BCUT2D eigenvalue weighted by molar-refractivity contribution is 5.98. The van der Waals surface area contributed by atoms with Crippen LogP contribution >= 0.6 is 0 Å². The second-order valence-corrected chi connectivity index (χ2v) is 9.30. The Balaban J connectivity index is 1.36. The number of alkyl halides is 3. The molecule has 4 aromatic rings. The highest BCUT2D eigenvalue weighted by atomic mass is 19.4. The molecule has 2 amide bonds. The first kappa shape index (κ1) is 26.8. The topological polar surface area (TPSA) is 126 Å². The third-order valence-corrected chi connectivity index (χ3v) is 6.84. The van der Waals surface area contributed by atoms with E-state index >= 15 is 0 Å². The number of amides is 2. The molecule has 0 saturated heterocycles. The number of carboxylic acid groups (broad SMARTS) is 1. The van der Waals surface area contributed by atoms with Gasteiger partial charge in [0, 0.05) is 18.7 Å². The third kappa shape index (κ3) is 4.97. The largest absolute Gasteiger partial charge is 0.478 e. The quantitative estimate of drug-likeness (QED) is 0.306. The van der Waals surface area contributed by atoms with Gasteiger partial charge in [-0.2, -0.15) is 18.3 Å².